The first-order valence-electron chi connectivity index (χ1n) is 11.8. The number of urea groups is 1. The predicted molar refractivity (Wildman–Crippen MR) is 140 cm³/mol. The molecule has 0 aliphatic rings. The summed E-state index contributed by atoms with van der Waals surface area (Å²) < 4.78 is 39.8. The van der Waals surface area contributed by atoms with Gasteiger partial charge in [-0.25, -0.2) is 4.79 Å². The lowest BCUT2D eigenvalue weighted by Gasteiger charge is -2.21. The molecule has 2 amide bonds. The fraction of sp³-hybridized carbons (Fsp3) is 0.143. The third-order valence-electron chi connectivity index (χ3n) is 5.91. The highest BCUT2D eigenvalue weighted by Gasteiger charge is 2.30. The molecule has 4 N–H and O–H groups in total. The molecule has 0 fully saturated rings. The first-order valence-corrected chi connectivity index (χ1v) is 11.8. The summed E-state index contributed by atoms with van der Waals surface area (Å²) in [6, 6.07) is 15.6. The summed E-state index contributed by atoms with van der Waals surface area (Å²) in [5.74, 6) is -0.0492. The molecule has 0 saturated heterocycles. The molecule has 11 heteroatoms. The van der Waals surface area contributed by atoms with Gasteiger partial charge < -0.3 is 25.7 Å². The predicted octanol–water partition coefficient (Wildman–Crippen LogP) is 5.34. The van der Waals surface area contributed by atoms with E-state index in [1.54, 1.807) is 36.5 Å². The van der Waals surface area contributed by atoms with E-state index in [4.69, 9.17) is 5.41 Å². The molecule has 2 aromatic carbocycles. The molecular weight excluding hydrogens is 511 g/mol. The van der Waals surface area contributed by atoms with Crippen LogP contribution in [0.5, 0.6) is 5.75 Å². The summed E-state index contributed by atoms with van der Waals surface area (Å²) in [7, 11) is 0. The van der Waals surface area contributed by atoms with Crippen LogP contribution in [0.15, 0.2) is 96.2 Å². The molecule has 1 atom stereocenters. The summed E-state index contributed by atoms with van der Waals surface area (Å²) in [5.41, 5.74) is 0.711. The minimum atomic E-state index is -4.46. The number of nitrogens with zero attached hydrogens (tertiary/aromatic N) is 2. The maximum absolute atomic E-state index is 12.9. The van der Waals surface area contributed by atoms with Crippen molar-refractivity contribution in [3.8, 4) is 5.75 Å². The van der Waals surface area contributed by atoms with Gasteiger partial charge in [-0.3, -0.25) is 9.78 Å². The standard InChI is InChI=1S/C28H24F3N5O3/c29-28(30,31)20-9-7-18(8-10-20)16-36-17-21(11-12-26(36)38)34-27(39)35-24(22-5-1-2-6-25(22)37)14-23(32)19-4-3-13-33-15-19/h1-13,15,17,24,32,37H,14,16H2,(H2,34,35,39). The fourth-order valence-electron chi connectivity index (χ4n) is 3.93. The Kier molecular flexibility index (Phi) is 8.09. The third kappa shape index (κ3) is 7.10. The second kappa shape index (κ2) is 11.6. The van der Waals surface area contributed by atoms with E-state index >= 15 is 0 Å². The molecule has 0 radical (unpaired) electrons. The zero-order valence-corrected chi connectivity index (χ0v) is 20.4. The van der Waals surface area contributed by atoms with Crippen LogP contribution in [0.3, 0.4) is 0 Å². The Morgan fingerprint density at radius 2 is 1.77 bits per heavy atom. The fourth-order valence-corrected chi connectivity index (χ4v) is 3.93. The molecule has 4 rings (SSSR count). The zero-order valence-electron chi connectivity index (χ0n) is 20.4. The number of alkyl halides is 3. The van der Waals surface area contributed by atoms with Crippen molar-refractivity contribution in [3.05, 3.63) is 124 Å². The summed E-state index contributed by atoms with van der Waals surface area (Å²) in [6.07, 6.45) is 0.0952. The molecule has 0 aliphatic heterocycles. The van der Waals surface area contributed by atoms with Crippen molar-refractivity contribution in [2.45, 2.75) is 25.2 Å². The maximum atomic E-state index is 12.9. The van der Waals surface area contributed by atoms with E-state index in [2.05, 4.69) is 15.6 Å². The van der Waals surface area contributed by atoms with E-state index in [0.29, 0.717) is 16.7 Å². The van der Waals surface area contributed by atoms with Crippen LogP contribution in [0.2, 0.25) is 0 Å². The number of aromatic hydroxyl groups is 1. The van der Waals surface area contributed by atoms with Gasteiger partial charge in [0, 0.05) is 47.9 Å². The number of rotatable bonds is 8. The van der Waals surface area contributed by atoms with Gasteiger partial charge in [-0.2, -0.15) is 13.2 Å². The Morgan fingerprint density at radius 1 is 1.03 bits per heavy atom. The molecule has 0 aliphatic carbocycles. The van der Waals surface area contributed by atoms with Crippen molar-refractivity contribution < 1.29 is 23.1 Å². The molecule has 1 unspecified atom stereocenters. The number of phenolic OH excluding ortho intramolecular Hbond substituents is 1. The van der Waals surface area contributed by atoms with Crippen LogP contribution in [0.1, 0.15) is 34.7 Å². The highest BCUT2D eigenvalue weighted by Crippen LogP contribution is 2.29. The second-order valence-electron chi connectivity index (χ2n) is 8.71. The number of nitrogens with one attached hydrogen (secondary N) is 3. The van der Waals surface area contributed by atoms with Crippen molar-refractivity contribution in [3.63, 3.8) is 0 Å². The number of carbonyl (C=O) groups is 1. The molecule has 0 spiro atoms. The number of halogens is 3. The van der Waals surface area contributed by atoms with Gasteiger partial charge in [0.15, 0.2) is 0 Å². The summed E-state index contributed by atoms with van der Waals surface area (Å²) >= 11 is 0. The van der Waals surface area contributed by atoms with Crippen LogP contribution >= 0.6 is 0 Å². The van der Waals surface area contributed by atoms with E-state index in [9.17, 15) is 27.9 Å². The van der Waals surface area contributed by atoms with Crippen LogP contribution in [-0.4, -0.2) is 26.4 Å². The molecule has 39 heavy (non-hydrogen) atoms. The van der Waals surface area contributed by atoms with E-state index in [1.165, 1.54) is 47.3 Å². The Bertz CT molecular complexity index is 1520. The minimum absolute atomic E-state index is 0.00308. The van der Waals surface area contributed by atoms with Crippen molar-refractivity contribution >= 4 is 17.4 Å². The van der Waals surface area contributed by atoms with Gasteiger partial charge in [-0.1, -0.05) is 36.4 Å². The zero-order chi connectivity index (χ0) is 28.0. The van der Waals surface area contributed by atoms with Crippen molar-refractivity contribution in [2.24, 2.45) is 0 Å². The number of phenols is 1. The number of benzene rings is 2. The Balaban J connectivity index is 1.49. The maximum Gasteiger partial charge on any atom is 0.416 e. The molecule has 0 saturated carbocycles. The first-order chi connectivity index (χ1) is 18.6. The van der Waals surface area contributed by atoms with Gasteiger partial charge in [-0.05, 0) is 35.9 Å². The van der Waals surface area contributed by atoms with Gasteiger partial charge in [0.2, 0.25) is 0 Å². The average Bonchev–Trinajstić information content (AvgIpc) is 2.91. The molecule has 200 valence electrons. The van der Waals surface area contributed by atoms with Gasteiger partial charge in [-0.15, -0.1) is 0 Å². The van der Waals surface area contributed by atoms with Crippen molar-refractivity contribution in [1.82, 2.24) is 14.9 Å². The lowest BCUT2D eigenvalue weighted by molar-refractivity contribution is -0.137. The third-order valence-corrected chi connectivity index (χ3v) is 5.91. The Morgan fingerprint density at radius 3 is 2.44 bits per heavy atom. The molecule has 8 nitrogen and oxygen atoms in total. The molecular formula is C28H24F3N5O3. The first kappa shape index (κ1) is 27.1. The number of para-hydroxylation sites is 1. The summed E-state index contributed by atoms with van der Waals surface area (Å²) in [6.45, 7) is -0.00308. The van der Waals surface area contributed by atoms with Gasteiger partial charge in [0.25, 0.3) is 5.56 Å². The van der Waals surface area contributed by atoms with E-state index in [0.717, 1.165) is 12.1 Å². The minimum Gasteiger partial charge on any atom is -0.508 e. The van der Waals surface area contributed by atoms with Crippen molar-refractivity contribution in [1.29, 1.82) is 5.41 Å². The highest BCUT2D eigenvalue weighted by molar-refractivity contribution is 5.99. The van der Waals surface area contributed by atoms with E-state index < -0.39 is 29.4 Å². The Hall–Kier alpha value is -4.93. The Labute approximate surface area is 221 Å². The quantitative estimate of drug-likeness (QED) is 0.228. The van der Waals surface area contributed by atoms with Crippen molar-refractivity contribution in [2.75, 3.05) is 5.32 Å². The number of hydrogen-bond acceptors (Lipinski definition) is 5. The normalized spacial score (nSPS) is 12.0. The molecule has 0 bridgehead atoms. The molecule has 4 aromatic rings. The smallest absolute Gasteiger partial charge is 0.416 e. The summed E-state index contributed by atoms with van der Waals surface area (Å²) in [4.78, 5) is 29.3. The number of amides is 2. The number of carbonyl (C=O) groups excluding carboxylic acids is 1. The number of pyridine rings is 2. The number of anilines is 1. The molecule has 2 aromatic heterocycles. The monoisotopic (exact) mass is 535 g/mol. The van der Waals surface area contributed by atoms with Crippen LogP contribution in [0.4, 0.5) is 23.7 Å². The highest BCUT2D eigenvalue weighted by atomic mass is 19.4. The number of aromatic nitrogens is 2. The van der Waals surface area contributed by atoms with Gasteiger partial charge >= 0.3 is 12.2 Å². The van der Waals surface area contributed by atoms with Crippen LogP contribution in [-0.2, 0) is 12.7 Å². The molecule has 2 heterocycles. The second-order valence-corrected chi connectivity index (χ2v) is 8.71. The lowest BCUT2D eigenvalue weighted by atomic mass is 9.97. The summed E-state index contributed by atoms with van der Waals surface area (Å²) in [5, 5.41) is 24.2. The number of hydrogen-bond donors (Lipinski definition) is 4. The SMILES string of the molecule is N=C(CC(NC(=O)Nc1ccc(=O)n(Cc2ccc(C(F)(F)F)cc2)c1)c1ccccc1O)c1cccnc1. The van der Waals surface area contributed by atoms with E-state index in [1.807, 2.05) is 0 Å². The van der Waals surface area contributed by atoms with Gasteiger partial charge in [0.05, 0.1) is 23.8 Å². The largest absolute Gasteiger partial charge is 0.508 e. The van der Waals surface area contributed by atoms with Crippen LogP contribution in [0.25, 0.3) is 0 Å². The topological polar surface area (TPSA) is 120 Å². The van der Waals surface area contributed by atoms with E-state index in [-0.39, 0.29) is 30.1 Å². The lowest BCUT2D eigenvalue weighted by Crippen LogP contribution is -2.34. The average molecular weight is 536 g/mol. The van der Waals surface area contributed by atoms with Crippen LogP contribution < -0.4 is 16.2 Å². The van der Waals surface area contributed by atoms with Gasteiger partial charge in [0.1, 0.15) is 5.75 Å². The van der Waals surface area contributed by atoms with Crippen LogP contribution in [0, 0.1) is 5.41 Å².